The number of hydrogen-bond donors (Lipinski definition) is 0. The fraction of sp³-hybridized carbons (Fsp3) is 0.294. The molecule has 0 saturated carbocycles. The molecule has 1 heteroatoms. The third kappa shape index (κ3) is 2.73. The summed E-state index contributed by atoms with van der Waals surface area (Å²) in [6, 6.07) is 17.6. The molecule has 0 spiro atoms. The van der Waals surface area contributed by atoms with Crippen LogP contribution in [0.4, 0.5) is 5.69 Å². The highest BCUT2D eigenvalue weighted by molar-refractivity contribution is 5.47. The standard InChI is InChI=1S/C17H21N/c1-13-5-7-15(8-6-13)14(2)16-9-11-17(12-10-16)18(3)4/h5-12,14H,1-4H3. The lowest BCUT2D eigenvalue weighted by atomic mass is 9.92. The first kappa shape index (κ1) is 12.7. The maximum atomic E-state index is 2.26. The average Bonchev–Trinajstić information content (AvgIpc) is 2.39. The van der Waals surface area contributed by atoms with Crippen LogP contribution < -0.4 is 4.90 Å². The van der Waals surface area contributed by atoms with Crippen molar-refractivity contribution in [3.63, 3.8) is 0 Å². The fourth-order valence-electron chi connectivity index (χ4n) is 2.11. The number of rotatable bonds is 3. The predicted octanol–water partition coefficient (Wildman–Crippen LogP) is 4.21. The first-order valence-corrected chi connectivity index (χ1v) is 6.42. The van der Waals surface area contributed by atoms with E-state index in [-0.39, 0.29) is 0 Å². The lowest BCUT2D eigenvalue weighted by Gasteiger charge is -2.16. The monoisotopic (exact) mass is 239 g/mol. The molecule has 94 valence electrons. The van der Waals surface area contributed by atoms with Crippen LogP contribution in [0.25, 0.3) is 0 Å². The van der Waals surface area contributed by atoms with Crippen molar-refractivity contribution in [1.29, 1.82) is 0 Å². The molecular weight excluding hydrogens is 218 g/mol. The van der Waals surface area contributed by atoms with Gasteiger partial charge in [0.25, 0.3) is 0 Å². The van der Waals surface area contributed by atoms with Gasteiger partial charge in [0.1, 0.15) is 0 Å². The molecule has 0 bridgehead atoms. The van der Waals surface area contributed by atoms with Crippen molar-refractivity contribution < 1.29 is 0 Å². The van der Waals surface area contributed by atoms with Crippen molar-refractivity contribution in [2.24, 2.45) is 0 Å². The summed E-state index contributed by atoms with van der Waals surface area (Å²) in [6.07, 6.45) is 0. The van der Waals surface area contributed by atoms with E-state index in [0.717, 1.165) is 0 Å². The maximum absolute atomic E-state index is 2.26. The summed E-state index contributed by atoms with van der Waals surface area (Å²) in [5.41, 5.74) is 5.30. The summed E-state index contributed by atoms with van der Waals surface area (Å²) in [5.74, 6) is 0.446. The fourth-order valence-corrected chi connectivity index (χ4v) is 2.11. The van der Waals surface area contributed by atoms with Gasteiger partial charge in [-0.1, -0.05) is 48.9 Å². The summed E-state index contributed by atoms with van der Waals surface area (Å²) in [4.78, 5) is 2.13. The van der Waals surface area contributed by atoms with Crippen LogP contribution >= 0.6 is 0 Å². The third-order valence-electron chi connectivity index (χ3n) is 3.49. The van der Waals surface area contributed by atoms with Gasteiger partial charge in [-0.25, -0.2) is 0 Å². The lowest BCUT2D eigenvalue weighted by molar-refractivity contribution is 0.920. The van der Waals surface area contributed by atoms with E-state index in [4.69, 9.17) is 0 Å². The molecule has 0 radical (unpaired) electrons. The van der Waals surface area contributed by atoms with Gasteiger partial charge in [-0.15, -0.1) is 0 Å². The maximum Gasteiger partial charge on any atom is 0.0361 e. The van der Waals surface area contributed by atoms with E-state index < -0.39 is 0 Å². The molecule has 0 aliphatic rings. The van der Waals surface area contributed by atoms with E-state index in [2.05, 4.69) is 81.4 Å². The van der Waals surface area contributed by atoms with Crippen LogP contribution in [0.5, 0.6) is 0 Å². The molecular formula is C17H21N. The highest BCUT2D eigenvalue weighted by Crippen LogP contribution is 2.25. The molecule has 18 heavy (non-hydrogen) atoms. The number of aryl methyl sites for hydroxylation is 1. The third-order valence-corrected chi connectivity index (χ3v) is 3.49. The average molecular weight is 239 g/mol. The summed E-state index contributed by atoms with van der Waals surface area (Å²) in [5, 5.41) is 0. The first-order chi connectivity index (χ1) is 8.58. The van der Waals surface area contributed by atoms with Crippen molar-refractivity contribution in [1.82, 2.24) is 0 Å². The van der Waals surface area contributed by atoms with Crippen LogP contribution in [0.1, 0.15) is 29.5 Å². The van der Waals surface area contributed by atoms with Gasteiger partial charge in [0.2, 0.25) is 0 Å². The van der Waals surface area contributed by atoms with E-state index >= 15 is 0 Å². The van der Waals surface area contributed by atoms with Gasteiger partial charge in [0, 0.05) is 25.7 Å². The summed E-state index contributed by atoms with van der Waals surface area (Å²) in [6.45, 7) is 4.38. The Morgan fingerprint density at radius 3 is 1.67 bits per heavy atom. The molecule has 0 fully saturated rings. The second-order valence-electron chi connectivity index (χ2n) is 5.12. The van der Waals surface area contributed by atoms with Gasteiger partial charge in [-0.05, 0) is 30.2 Å². The van der Waals surface area contributed by atoms with Gasteiger partial charge in [-0.3, -0.25) is 0 Å². The van der Waals surface area contributed by atoms with Crippen molar-refractivity contribution >= 4 is 5.69 Å². The van der Waals surface area contributed by atoms with Crippen LogP contribution in [-0.2, 0) is 0 Å². The Bertz CT molecular complexity index is 494. The summed E-state index contributed by atoms with van der Waals surface area (Å²) < 4.78 is 0. The molecule has 0 aliphatic heterocycles. The Kier molecular flexibility index (Phi) is 3.71. The number of nitrogens with zero attached hydrogens (tertiary/aromatic N) is 1. The SMILES string of the molecule is Cc1ccc(C(C)c2ccc(N(C)C)cc2)cc1. The molecule has 1 unspecified atom stereocenters. The zero-order valence-corrected chi connectivity index (χ0v) is 11.6. The molecule has 1 nitrogen and oxygen atoms in total. The topological polar surface area (TPSA) is 3.24 Å². The molecule has 1 atom stereocenters. The number of anilines is 1. The number of hydrogen-bond acceptors (Lipinski definition) is 1. The minimum atomic E-state index is 0.446. The Hall–Kier alpha value is -1.76. The smallest absolute Gasteiger partial charge is 0.0361 e. The van der Waals surface area contributed by atoms with Crippen molar-refractivity contribution in [2.45, 2.75) is 19.8 Å². The molecule has 2 rings (SSSR count). The van der Waals surface area contributed by atoms with E-state index in [0.29, 0.717) is 5.92 Å². The lowest BCUT2D eigenvalue weighted by Crippen LogP contribution is -2.08. The van der Waals surface area contributed by atoms with E-state index in [1.165, 1.54) is 22.4 Å². The second-order valence-corrected chi connectivity index (χ2v) is 5.12. The van der Waals surface area contributed by atoms with Crippen molar-refractivity contribution in [3.8, 4) is 0 Å². The van der Waals surface area contributed by atoms with Gasteiger partial charge >= 0.3 is 0 Å². The van der Waals surface area contributed by atoms with E-state index in [9.17, 15) is 0 Å². The minimum Gasteiger partial charge on any atom is -0.378 e. The van der Waals surface area contributed by atoms with Crippen LogP contribution in [0.15, 0.2) is 48.5 Å². The van der Waals surface area contributed by atoms with Crippen LogP contribution in [0.2, 0.25) is 0 Å². The molecule has 0 aromatic heterocycles. The highest BCUT2D eigenvalue weighted by Gasteiger charge is 2.08. The largest absolute Gasteiger partial charge is 0.378 e. The molecule has 0 saturated heterocycles. The number of benzene rings is 2. The van der Waals surface area contributed by atoms with Crippen LogP contribution in [0, 0.1) is 6.92 Å². The Labute approximate surface area is 110 Å². The van der Waals surface area contributed by atoms with Crippen LogP contribution in [-0.4, -0.2) is 14.1 Å². The predicted molar refractivity (Wildman–Crippen MR) is 79.5 cm³/mol. The van der Waals surface area contributed by atoms with E-state index in [1.807, 2.05) is 0 Å². The minimum absolute atomic E-state index is 0.446. The molecule has 0 heterocycles. The van der Waals surface area contributed by atoms with Gasteiger partial charge in [-0.2, -0.15) is 0 Å². The normalized spacial score (nSPS) is 12.2. The second kappa shape index (κ2) is 5.26. The van der Waals surface area contributed by atoms with Gasteiger partial charge in [0.15, 0.2) is 0 Å². The summed E-state index contributed by atoms with van der Waals surface area (Å²) in [7, 11) is 4.14. The molecule has 0 aliphatic carbocycles. The quantitative estimate of drug-likeness (QED) is 0.775. The van der Waals surface area contributed by atoms with Crippen molar-refractivity contribution in [3.05, 3.63) is 65.2 Å². The van der Waals surface area contributed by atoms with Crippen molar-refractivity contribution in [2.75, 3.05) is 19.0 Å². The van der Waals surface area contributed by atoms with E-state index in [1.54, 1.807) is 0 Å². The molecule has 0 amide bonds. The Morgan fingerprint density at radius 2 is 1.22 bits per heavy atom. The zero-order valence-electron chi connectivity index (χ0n) is 11.6. The molecule has 2 aromatic carbocycles. The Morgan fingerprint density at radius 1 is 0.778 bits per heavy atom. The van der Waals surface area contributed by atoms with Gasteiger partial charge < -0.3 is 4.90 Å². The molecule has 2 aromatic rings. The molecule has 0 N–H and O–H groups in total. The summed E-state index contributed by atoms with van der Waals surface area (Å²) >= 11 is 0. The van der Waals surface area contributed by atoms with Gasteiger partial charge in [0.05, 0.1) is 0 Å². The van der Waals surface area contributed by atoms with Crippen LogP contribution in [0.3, 0.4) is 0 Å². The highest BCUT2D eigenvalue weighted by atomic mass is 15.1. The first-order valence-electron chi connectivity index (χ1n) is 6.42. The zero-order chi connectivity index (χ0) is 13.1. The Balaban J connectivity index is 2.23.